The molecule has 0 spiro atoms. The average Bonchev–Trinajstić information content (AvgIpc) is 2.54. The predicted octanol–water partition coefficient (Wildman–Crippen LogP) is 4.03. The minimum Gasteiger partial charge on any atom is -0.497 e. The number of hydrogen-bond acceptors (Lipinski definition) is 3. The Balaban J connectivity index is 2.43. The van der Waals surface area contributed by atoms with Crippen LogP contribution in [0.3, 0.4) is 0 Å². The van der Waals surface area contributed by atoms with Crippen LogP contribution in [0.15, 0.2) is 48.5 Å². The number of methoxy groups -OCH3 is 1. The van der Waals surface area contributed by atoms with Crippen LogP contribution < -0.4 is 4.74 Å². The molecule has 0 amide bonds. The summed E-state index contributed by atoms with van der Waals surface area (Å²) in [6.07, 6.45) is 0. The van der Waals surface area contributed by atoms with Gasteiger partial charge in [0, 0.05) is 0 Å². The van der Waals surface area contributed by atoms with E-state index in [1.54, 1.807) is 7.11 Å². The normalized spacial score (nSPS) is 11.8. The minimum absolute atomic E-state index is 0.201. The van der Waals surface area contributed by atoms with Crippen molar-refractivity contribution in [3.8, 4) is 16.9 Å². The Bertz CT molecular complexity index is 619. The molecular formula is C18H20O3. The van der Waals surface area contributed by atoms with E-state index in [-0.39, 0.29) is 11.9 Å². The number of benzene rings is 2. The zero-order valence-corrected chi connectivity index (χ0v) is 12.6. The Morgan fingerprint density at radius 2 is 1.90 bits per heavy atom. The molecule has 110 valence electrons. The predicted molar refractivity (Wildman–Crippen MR) is 83.5 cm³/mol. The van der Waals surface area contributed by atoms with Gasteiger partial charge in [-0.2, -0.15) is 0 Å². The summed E-state index contributed by atoms with van der Waals surface area (Å²) in [5, 5.41) is 0. The maximum absolute atomic E-state index is 12.0. The lowest BCUT2D eigenvalue weighted by atomic mass is 9.91. The topological polar surface area (TPSA) is 35.5 Å². The van der Waals surface area contributed by atoms with Gasteiger partial charge in [0.25, 0.3) is 0 Å². The average molecular weight is 284 g/mol. The number of hydrogen-bond donors (Lipinski definition) is 0. The third-order valence-electron chi connectivity index (χ3n) is 3.45. The van der Waals surface area contributed by atoms with Crippen LogP contribution in [-0.2, 0) is 9.53 Å². The van der Waals surface area contributed by atoms with Crippen molar-refractivity contribution in [2.75, 3.05) is 13.7 Å². The fourth-order valence-corrected chi connectivity index (χ4v) is 2.32. The van der Waals surface area contributed by atoms with Crippen LogP contribution in [0.2, 0.25) is 0 Å². The maximum atomic E-state index is 12.0. The van der Waals surface area contributed by atoms with E-state index in [9.17, 15) is 4.79 Å². The van der Waals surface area contributed by atoms with E-state index in [0.717, 1.165) is 22.4 Å². The SMILES string of the molecule is CCOC(=O)[C@H](C)c1ccccc1-c1cccc(OC)c1. The van der Waals surface area contributed by atoms with Gasteiger partial charge in [0.15, 0.2) is 0 Å². The summed E-state index contributed by atoms with van der Waals surface area (Å²) in [5.41, 5.74) is 3.02. The van der Waals surface area contributed by atoms with Crippen molar-refractivity contribution in [2.24, 2.45) is 0 Å². The molecule has 0 fully saturated rings. The van der Waals surface area contributed by atoms with Gasteiger partial charge in [0.2, 0.25) is 0 Å². The molecule has 0 aliphatic heterocycles. The zero-order valence-electron chi connectivity index (χ0n) is 12.6. The Morgan fingerprint density at radius 3 is 2.62 bits per heavy atom. The molecular weight excluding hydrogens is 264 g/mol. The molecule has 0 aromatic heterocycles. The van der Waals surface area contributed by atoms with Crippen LogP contribution >= 0.6 is 0 Å². The molecule has 0 N–H and O–H groups in total. The van der Waals surface area contributed by atoms with E-state index < -0.39 is 0 Å². The third kappa shape index (κ3) is 3.43. The van der Waals surface area contributed by atoms with Crippen LogP contribution in [0.5, 0.6) is 5.75 Å². The lowest BCUT2D eigenvalue weighted by Gasteiger charge is -2.16. The number of esters is 1. The van der Waals surface area contributed by atoms with Crippen LogP contribution in [0.4, 0.5) is 0 Å². The highest BCUT2D eigenvalue weighted by Gasteiger charge is 2.19. The van der Waals surface area contributed by atoms with Crippen molar-refractivity contribution in [1.29, 1.82) is 0 Å². The quantitative estimate of drug-likeness (QED) is 0.778. The van der Waals surface area contributed by atoms with Crippen LogP contribution in [0.25, 0.3) is 11.1 Å². The van der Waals surface area contributed by atoms with Gasteiger partial charge in [-0.05, 0) is 42.7 Å². The van der Waals surface area contributed by atoms with E-state index in [1.807, 2.05) is 62.4 Å². The fourth-order valence-electron chi connectivity index (χ4n) is 2.32. The maximum Gasteiger partial charge on any atom is 0.313 e. The number of carbonyl (C=O) groups excluding carboxylic acids is 1. The summed E-state index contributed by atoms with van der Waals surface area (Å²) in [7, 11) is 1.65. The number of ether oxygens (including phenoxy) is 2. The van der Waals surface area contributed by atoms with Gasteiger partial charge in [-0.3, -0.25) is 4.79 Å². The lowest BCUT2D eigenvalue weighted by Crippen LogP contribution is -2.13. The molecule has 0 bridgehead atoms. The van der Waals surface area contributed by atoms with Gasteiger partial charge in [-0.25, -0.2) is 0 Å². The first-order chi connectivity index (χ1) is 10.2. The van der Waals surface area contributed by atoms with Crippen molar-refractivity contribution in [3.63, 3.8) is 0 Å². The molecule has 3 nitrogen and oxygen atoms in total. The van der Waals surface area contributed by atoms with Gasteiger partial charge < -0.3 is 9.47 Å². The molecule has 0 aliphatic rings. The summed E-state index contributed by atoms with van der Waals surface area (Å²) in [6, 6.07) is 15.7. The second kappa shape index (κ2) is 6.93. The summed E-state index contributed by atoms with van der Waals surface area (Å²) < 4.78 is 10.4. The monoisotopic (exact) mass is 284 g/mol. The lowest BCUT2D eigenvalue weighted by molar-refractivity contribution is -0.144. The van der Waals surface area contributed by atoms with E-state index in [0.29, 0.717) is 6.61 Å². The first kappa shape index (κ1) is 15.1. The van der Waals surface area contributed by atoms with E-state index in [2.05, 4.69) is 0 Å². The molecule has 0 saturated heterocycles. The van der Waals surface area contributed by atoms with Crippen molar-refractivity contribution in [2.45, 2.75) is 19.8 Å². The van der Waals surface area contributed by atoms with Crippen molar-refractivity contribution >= 4 is 5.97 Å². The summed E-state index contributed by atoms with van der Waals surface area (Å²) in [4.78, 5) is 12.0. The second-order valence-electron chi connectivity index (χ2n) is 4.79. The molecule has 1 atom stereocenters. The molecule has 0 heterocycles. The van der Waals surface area contributed by atoms with E-state index in [1.165, 1.54) is 0 Å². The van der Waals surface area contributed by atoms with E-state index >= 15 is 0 Å². The van der Waals surface area contributed by atoms with Crippen molar-refractivity contribution in [3.05, 3.63) is 54.1 Å². The Kier molecular flexibility index (Phi) is 4.99. The van der Waals surface area contributed by atoms with Crippen molar-refractivity contribution in [1.82, 2.24) is 0 Å². The van der Waals surface area contributed by atoms with Gasteiger partial charge in [0.05, 0.1) is 19.6 Å². The van der Waals surface area contributed by atoms with Gasteiger partial charge >= 0.3 is 5.97 Å². The zero-order chi connectivity index (χ0) is 15.2. The standard InChI is InChI=1S/C18H20O3/c1-4-21-18(19)13(2)16-10-5-6-11-17(16)14-8-7-9-15(12-14)20-3/h5-13H,4H2,1-3H3/t13-/m1/s1. The van der Waals surface area contributed by atoms with Crippen molar-refractivity contribution < 1.29 is 14.3 Å². The first-order valence-corrected chi connectivity index (χ1v) is 7.07. The Hall–Kier alpha value is -2.29. The first-order valence-electron chi connectivity index (χ1n) is 7.07. The fraction of sp³-hybridized carbons (Fsp3) is 0.278. The molecule has 0 aliphatic carbocycles. The molecule has 0 unspecified atom stereocenters. The van der Waals surface area contributed by atoms with Crippen LogP contribution in [-0.4, -0.2) is 19.7 Å². The number of rotatable bonds is 5. The minimum atomic E-state index is -0.299. The molecule has 21 heavy (non-hydrogen) atoms. The summed E-state index contributed by atoms with van der Waals surface area (Å²) >= 11 is 0. The third-order valence-corrected chi connectivity index (χ3v) is 3.45. The highest BCUT2D eigenvalue weighted by atomic mass is 16.5. The Morgan fingerprint density at radius 1 is 1.14 bits per heavy atom. The molecule has 2 rings (SSSR count). The summed E-state index contributed by atoms with van der Waals surface area (Å²) in [5.74, 6) is 0.297. The van der Waals surface area contributed by atoms with E-state index in [4.69, 9.17) is 9.47 Å². The largest absolute Gasteiger partial charge is 0.497 e. The Labute approximate surface area is 125 Å². The molecule has 0 saturated carbocycles. The second-order valence-corrected chi connectivity index (χ2v) is 4.79. The number of carbonyl (C=O) groups is 1. The summed E-state index contributed by atoms with van der Waals surface area (Å²) in [6.45, 7) is 4.08. The van der Waals surface area contributed by atoms with Crippen LogP contribution in [0.1, 0.15) is 25.3 Å². The molecule has 2 aromatic rings. The van der Waals surface area contributed by atoms with Gasteiger partial charge in [0.1, 0.15) is 5.75 Å². The van der Waals surface area contributed by atoms with Gasteiger partial charge in [-0.15, -0.1) is 0 Å². The molecule has 2 aromatic carbocycles. The van der Waals surface area contributed by atoms with Gasteiger partial charge in [-0.1, -0.05) is 36.4 Å². The molecule has 0 radical (unpaired) electrons. The molecule has 3 heteroatoms. The smallest absolute Gasteiger partial charge is 0.313 e. The van der Waals surface area contributed by atoms with Crippen LogP contribution in [0, 0.1) is 0 Å². The highest BCUT2D eigenvalue weighted by molar-refractivity contribution is 5.82. The highest BCUT2D eigenvalue weighted by Crippen LogP contribution is 2.31.